The average Bonchev–Trinajstić information content (AvgIpc) is 3.14. The number of rotatable bonds is 18. The van der Waals surface area contributed by atoms with Gasteiger partial charge in [0.15, 0.2) is 5.75 Å². The predicted molar refractivity (Wildman–Crippen MR) is 194 cm³/mol. The van der Waals surface area contributed by atoms with Crippen LogP contribution in [0.25, 0.3) is 10.8 Å². The molecule has 0 radical (unpaired) electrons. The number of benzene rings is 5. The van der Waals surface area contributed by atoms with Crippen LogP contribution in [-0.2, 0) is 0 Å². The number of azo groups is 2. The summed E-state index contributed by atoms with van der Waals surface area (Å²) < 4.78 is 12.3. The van der Waals surface area contributed by atoms with Crippen LogP contribution in [0.5, 0.6) is 11.5 Å². The van der Waals surface area contributed by atoms with Gasteiger partial charge < -0.3 is 9.47 Å². The molecule has 0 fully saturated rings. The fourth-order valence-electron chi connectivity index (χ4n) is 5.41. The van der Waals surface area contributed by atoms with Gasteiger partial charge in [0.25, 0.3) is 0 Å². The first-order valence-corrected chi connectivity index (χ1v) is 17.2. The zero-order valence-electron chi connectivity index (χ0n) is 27.8. The number of nitrogens with zero attached hydrogens (tertiary/aromatic N) is 4. The van der Waals surface area contributed by atoms with Crippen LogP contribution in [0.3, 0.4) is 0 Å². The summed E-state index contributed by atoms with van der Waals surface area (Å²) >= 11 is 0. The number of fused-ring (bicyclic) bond motifs is 1. The van der Waals surface area contributed by atoms with Crippen LogP contribution in [-0.4, -0.2) is 12.6 Å². The summed E-state index contributed by atoms with van der Waals surface area (Å²) in [6.07, 6.45) is 12.6. The Morgan fingerprint density at radius 2 is 1.02 bits per heavy atom. The zero-order chi connectivity index (χ0) is 33.2. The van der Waals surface area contributed by atoms with Crippen molar-refractivity contribution in [3.05, 3.63) is 121 Å². The number of ether oxygens (including phenoxy) is 2. The van der Waals surface area contributed by atoms with Gasteiger partial charge in [-0.2, -0.15) is 15.3 Å². The molecule has 0 unspecified atom stereocenters. The van der Waals surface area contributed by atoms with Gasteiger partial charge in [-0.3, -0.25) is 0 Å². The molecule has 0 aliphatic rings. The van der Waals surface area contributed by atoms with E-state index in [-0.39, 0.29) is 5.75 Å². The Bertz CT molecular complexity index is 1770. The van der Waals surface area contributed by atoms with E-state index in [0.717, 1.165) is 29.3 Å². The van der Waals surface area contributed by atoms with Crippen molar-refractivity contribution in [3.8, 4) is 11.5 Å². The third kappa shape index (κ3) is 10.4. The predicted octanol–water partition coefficient (Wildman–Crippen LogP) is 13.2. The lowest BCUT2D eigenvalue weighted by Gasteiger charge is -2.15. The Hall–Kier alpha value is -5.17. The van der Waals surface area contributed by atoms with Gasteiger partial charge in [0.05, 0.1) is 29.2 Å². The van der Waals surface area contributed by atoms with E-state index in [2.05, 4.69) is 27.4 Å². The van der Waals surface area contributed by atoms with Crippen LogP contribution >= 0.6 is 0 Å². The van der Waals surface area contributed by atoms with Gasteiger partial charge in [-0.1, -0.05) is 125 Å². The van der Waals surface area contributed by atoms with Gasteiger partial charge in [-0.05, 0) is 55.0 Å². The Labute approximate surface area is 283 Å². The molecule has 7 nitrogen and oxygen atoms in total. The average molecular weight is 641 g/mol. The largest absolute Gasteiger partial charge is 0.493 e. The molecule has 0 saturated heterocycles. The SMILES string of the molecule is CCCCCCCCCCCCOc1cc(OC(=O)c2ccccc2)c(N=Nc2ccc(N=Nc3ccccc3)cc2)c2ccccc12. The first kappa shape index (κ1) is 34.2. The number of hydrogen-bond donors (Lipinski definition) is 0. The second-order valence-electron chi connectivity index (χ2n) is 11.8. The highest BCUT2D eigenvalue weighted by Crippen LogP contribution is 2.43. The molecule has 0 bridgehead atoms. The fourth-order valence-corrected chi connectivity index (χ4v) is 5.41. The highest BCUT2D eigenvalue weighted by atomic mass is 16.5. The van der Waals surface area contributed by atoms with E-state index in [0.29, 0.717) is 35.0 Å². The molecule has 0 heterocycles. The lowest BCUT2D eigenvalue weighted by atomic mass is 10.1. The highest BCUT2D eigenvalue weighted by molar-refractivity contribution is 6.01. The fraction of sp³-hybridized carbons (Fsp3) is 0.293. The lowest BCUT2D eigenvalue weighted by molar-refractivity contribution is 0.0735. The number of unbranched alkanes of at least 4 members (excludes halogenated alkanes) is 9. The number of esters is 1. The van der Waals surface area contributed by atoms with E-state index < -0.39 is 5.97 Å². The third-order valence-electron chi connectivity index (χ3n) is 8.06. The molecule has 7 heteroatoms. The Kier molecular flexibility index (Phi) is 13.4. The van der Waals surface area contributed by atoms with Crippen LogP contribution in [0, 0.1) is 0 Å². The van der Waals surface area contributed by atoms with Crippen LogP contribution in [0.15, 0.2) is 136 Å². The Morgan fingerprint density at radius 3 is 1.65 bits per heavy atom. The highest BCUT2D eigenvalue weighted by Gasteiger charge is 2.18. The second-order valence-corrected chi connectivity index (χ2v) is 11.8. The van der Waals surface area contributed by atoms with Crippen molar-refractivity contribution >= 4 is 39.5 Å². The summed E-state index contributed by atoms with van der Waals surface area (Å²) in [7, 11) is 0. The molecule has 0 N–H and O–H groups in total. The monoisotopic (exact) mass is 640 g/mol. The maximum absolute atomic E-state index is 13.2. The molecule has 0 aliphatic heterocycles. The van der Waals surface area contributed by atoms with Crippen LogP contribution in [0.1, 0.15) is 81.5 Å². The minimum atomic E-state index is -0.476. The molecule has 5 rings (SSSR count). The van der Waals surface area contributed by atoms with Gasteiger partial charge >= 0.3 is 5.97 Å². The van der Waals surface area contributed by atoms with Gasteiger partial charge in [-0.15, -0.1) is 5.11 Å². The minimum Gasteiger partial charge on any atom is -0.493 e. The molecule has 0 amide bonds. The van der Waals surface area contributed by atoms with E-state index in [4.69, 9.17) is 9.47 Å². The minimum absolute atomic E-state index is 0.289. The van der Waals surface area contributed by atoms with Gasteiger partial charge in [-0.25, -0.2) is 4.79 Å². The van der Waals surface area contributed by atoms with Crippen molar-refractivity contribution in [2.45, 2.75) is 71.1 Å². The smallest absolute Gasteiger partial charge is 0.343 e. The van der Waals surface area contributed by atoms with Crippen molar-refractivity contribution in [1.29, 1.82) is 0 Å². The summed E-state index contributed by atoms with van der Waals surface area (Å²) in [5.74, 6) is 0.471. The molecular weight excluding hydrogens is 596 g/mol. The molecule has 5 aromatic rings. The van der Waals surface area contributed by atoms with E-state index >= 15 is 0 Å². The summed E-state index contributed by atoms with van der Waals surface area (Å²) in [6, 6.07) is 35.4. The van der Waals surface area contributed by atoms with Crippen molar-refractivity contribution < 1.29 is 14.3 Å². The second kappa shape index (κ2) is 18.8. The lowest BCUT2D eigenvalue weighted by Crippen LogP contribution is -2.09. The van der Waals surface area contributed by atoms with Gasteiger partial charge in [0, 0.05) is 16.8 Å². The molecule has 0 atom stereocenters. The van der Waals surface area contributed by atoms with Crippen LogP contribution < -0.4 is 9.47 Å². The van der Waals surface area contributed by atoms with E-state index in [1.54, 1.807) is 18.2 Å². The molecule has 0 aromatic heterocycles. The summed E-state index contributed by atoms with van der Waals surface area (Å²) in [4.78, 5) is 13.2. The van der Waals surface area contributed by atoms with Crippen molar-refractivity contribution in [2.24, 2.45) is 20.5 Å². The van der Waals surface area contributed by atoms with E-state index in [9.17, 15) is 4.79 Å². The van der Waals surface area contributed by atoms with Crippen LogP contribution in [0.2, 0.25) is 0 Å². The van der Waals surface area contributed by atoms with Crippen molar-refractivity contribution in [1.82, 2.24) is 0 Å². The van der Waals surface area contributed by atoms with Crippen molar-refractivity contribution in [2.75, 3.05) is 6.61 Å². The van der Waals surface area contributed by atoms with E-state index in [1.165, 1.54) is 51.4 Å². The first-order chi connectivity index (χ1) is 23.7. The van der Waals surface area contributed by atoms with Crippen molar-refractivity contribution in [3.63, 3.8) is 0 Å². The topological polar surface area (TPSA) is 85.0 Å². The summed E-state index contributed by atoms with van der Waals surface area (Å²) in [6.45, 7) is 2.84. The summed E-state index contributed by atoms with van der Waals surface area (Å²) in [5.41, 5.74) is 3.00. The molecular formula is C41H44N4O3. The molecule has 246 valence electrons. The Balaban J connectivity index is 1.31. The van der Waals surface area contributed by atoms with Gasteiger partial charge in [0.2, 0.25) is 0 Å². The normalized spacial score (nSPS) is 11.4. The molecule has 0 spiro atoms. The zero-order valence-corrected chi connectivity index (χ0v) is 27.8. The quantitative estimate of drug-likeness (QED) is 0.0413. The number of hydrogen-bond acceptors (Lipinski definition) is 7. The number of carbonyl (C=O) groups excluding carboxylic acids is 1. The molecule has 0 aliphatic carbocycles. The Morgan fingerprint density at radius 1 is 0.521 bits per heavy atom. The first-order valence-electron chi connectivity index (χ1n) is 17.2. The maximum Gasteiger partial charge on any atom is 0.343 e. The maximum atomic E-state index is 13.2. The molecule has 5 aromatic carbocycles. The van der Waals surface area contributed by atoms with Gasteiger partial charge in [0.1, 0.15) is 11.4 Å². The molecule has 48 heavy (non-hydrogen) atoms. The third-order valence-corrected chi connectivity index (χ3v) is 8.06. The summed E-state index contributed by atoms with van der Waals surface area (Å²) in [5, 5.41) is 19.4. The van der Waals surface area contributed by atoms with E-state index in [1.807, 2.05) is 97.1 Å². The molecule has 0 saturated carbocycles. The standard InChI is InChI=1S/C41H44N4O3/c1-2-3-4-5-6-7-8-9-10-19-30-47-38-31-39(48-41(46)32-20-13-11-14-21-32)40(37-25-18-17-24-36(37)38)45-44-35-28-26-34(27-29-35)43-42-33-22-15-12-16-23-33/h11-18,20-29,31H,2-10,19,30H2,1H3. The van der Waals surface area contributed by atoms with Crippen LogP contribution in [0.4, 0.5) is 22.7 Å². The number of carbonyl (C=O) groups is 1.